The fourth-order valence-electron chi connectivity index (χ4n) is 2.77. The maximum atomic E-state index is 10.3. The summed E-state index contributed by atoms with van der Waals surface area (Å²) in [6.07, 6.45) is -0.587. The molecule has 0 bridgehead atoms. The van der Waals surface area contributed by atoms with Gasteiger partial charge in [-0.1, -0.05) is 51.1 Å². The molecule has 0 radical (unpaired) electrons. The Morgan fingerprint density at radius 3 is 2.33 bits per heavy atom. The molecule has 4 nitrogen and oxygen atoms in total. The van der Waals surface area contributed by atoms with E-state index in [1.807, 2.05) is 36.4 Å². The molecule has 0 aromatic heterocycles. The van der Waals surface area contributed by atoms with Gasteiger partial charge in [-0.3, -0.25) is 0 Å². The highest BCUT2D eigenvalue weighted by Gasteiger charge is 2.20. The van der Waals surface area contributed by atoms with E-state index < -0.39 is 6.10 Å². The number of hydrogen-bond acceptors (Lipinski definition) is 4. The molecule has 2 N–H and O–H groups in total. The first kappa shape index (κ1) is 23.3. The van der Waals surface area contributed by atoms with E-state index in [-0.39, 0.29) is 30.5 Å². The molecule has 0 aliphatic heterocycles. The van der Waals surface area contributed by atoms with Crippen molar-refractivity contribution in [1.82, 2.24) is 5.32 Å². The highest BCUT2D eigenvalue weighted by Crippen LogP contribution is 2.34. The summed E-state index contributed by atoms with van der Waals surface area (Å²) in [5.41, 5.74) is 2.19. The number of benzene rings is 2. The molecule has 0 heterocycles. The molecule has 150 valence electrons. The van der Waals surface area contributed by atoms with Gasteiger partial charge in [0.25, 0.3) is 0 Å². The van der Waals surface area contributed by atoms with E-state index >= 15 is 0 Å². The van der Waals surface area contributed by atoms with Crippen molar-refractivity contribution in [3.05, 3.63) is 59.7 Å². The van der Waals surface area contributed by atoms with Crippen LogP contribution in [-0.2, 0) is 5.41 Å². The number of aliphatic hydroxyl groups is 1. The maximum absolute atomic E-state index is 10.3. The topological polar surface area (TPSA) is 50.7 Å². The van der Waals surface area contributed by atoms with E-state index in [2.05, 4.69) is 45.1 Å². The van der Waals surface area contributed by atoms with Crippen molar-refractivity contribution in [3.63, 3.8) is 0 Å². The number of methoxy groups -OCH3 is 1. The van der Waals surface area contributed by atoms with Crippen molar-refractivity contribution >= 4 is 12.4 Å². The van der Waals surface area contributed by atoms with Crippen molar-refractivity contribution in [2.75, 3.05) is 20.3 Å². The molecular weight excluding hydrogens is 362 g/mol. The van der Waals surface area contributed by atoms with E-state index in [1.54, 1.807) is 7.11 Å². The van der Waals surface area contributed by atoms with Gasteiger partial charge in [0.1, 0.15) is 24.2 Å². The van der Waals surface area contributed by atoms with Gasteiger partial charge >= 0.3 is 0 Å². The van der Waals surface area contributed by atoms with Crippen LogP contribution < -0.4 is 14.8 Å². The monoisotopic (exact) mass is 393 g/mol. The largest absolute Gasteiger partial charge is 0.497 e. The molecule has 5 heteroatoms. The molecule has 0 saturated heterocycles. The van der Waals surface area contributed by atoms with E-state index in [0.717, 1.165) is 17.1 Å². The van der Waals surface area contributed by atoms with Crippen LogP contribution in [0, 0.1) is 0 Å². The number of aliphatic hydroxyl groups excluding tert-OH is 1. The summed E-state index contributed by atoms with van der Waals surface area (Å²) in [7, 11) is 1.66. The zero-order chi connectivity index (χ0) is 19.2. The van der Waals surface area contributed by atoms with Gasteiger partial charge in [-0.15, -0.1) is 12.4 Å². The second kappa shape index (κ2) is 10.5. The van der Waals surface area contributed by atoms with Gasteiger partial charge in [0.05, 0.1) is 7.11 Å². The predicted octanol–water partition coefficient (Wildman–Crippen LogP) is 4.51. The van der Waals surface area contributed by atoms with Crippen LogP contribution in [0.1, 0.15) is 44.9 Å². The van der Waals surface area contributed by atoms with Gasteiger partial charge < -0.3 is 19.9 Å². The summed E-state index contributed by atoms with van der Waals surface area (Å²) in [5.74, 6) is 1.59. The summed E-state index contributed by atoms with van der Waals surface area (Å²) in [6.45, 7) is 9.20. The third-order valence-corrected chi connectivity index (χ3v) is 4.39. The number of ether oxygens (including phenoxy) is 2. The summed E-state index contributed by atoms with van der Waals surface area (Å²) in [6, 6.07) is 16.2. The van der Waals surface area contributed by atoms with Crippen LogP contribution in [0.5, 0.6) is 11.5 Å². The number of rotatable bonds is 8. The summed E-state index contributed by atoms with van der Waals surface area (Å²) in [5, 5.41) is 13.6. The minimum absolute atomic E-state index is 0. The van der Waals surface area contributed by atoms with Gasteiger partial charge in [0, 0.05) is 18.2 Å². The third-order valence-electron chi connectivity index (χ3n) is 4.39. The van der Waals surface area contributed by atoms with E-state index in [9.17, 15) is 5.11 Å². The van der Waals surface area contributed by atoms with Gasteiger partial charge in [-0.2, -0.15) is 0 Å². The molecule has 2 aromatic carbocycles. The summed E-state index contributed by atoms with van der Waals surface area (Å²) < 4.78 is 11.2. The fourth-order valence-corrected chi connectivity index (χ4v) is 2.77. The third kappa shape index (κ3) is 7.06. The van der Waals surface area contributed by atoms with Crippen LogP contribution in [0.4, 0.5) is 0 Å². The normalized spacial score (nSPS) is 13.4. The zero-order valence-corrected chi connectivity index (χ0v) is 17.7. The Morgan fingerprint density at radius 1 is 1.07 bits per heavy atom. The van der Waals surface area contributed by atoms with Gasteiger partial charge in [-0.05, 0) is 36.1 Å². The Labute approximate surface area is 169 Å². The lowest BCUT2D eigenvalue weighted by Gasteiger charge is -2.24. The highest BCUT2D eigenvalue weighted by atomic mass is 35.5. The van der Waals surface area contributed by atoms with Gasteiger partial charge in [-0.25, -0.2) is 0 Å². The number of hydrogen-bond donors (Lipinski definition) is 2. The van der Waals surface area contributed by atoms with Gasteiger partial charge in [0.15, 0.2) is 0 Å². The Kier molecular flexibility index (Phi) is 9.10. The Morgan fingerprint density at radius 2 is 1.74 bits per heavy atom. The quantitative estimate of drug-likeness (QED) is 0.693. The first-order chi connectivity index (χ1) is 12.3. The van der Waals surface area contributed by atoms with Crippen LogP contribution in [0.15, 0.2) is 48.5 Å². The molecule has 0 aliphatic carbocycles. The molecule has 27 heavy (non-hydrogen) atoms. The smallest absolute Gasteiger partial charge is 0.123 e. The lowest BCUT2D eigenvalue weighted by Crippen LogP contribution is -2.33. The molecule has 2 rings (SSSR count). The van der Waals surface area contributed by atoms with Crippen molar-refractivity contribution in [3.8, 4) is 11.5 Å². The van der Waals surface area contributed by atoms with E-state index in [1.165, 1.54) is 5.56 Å². The Hall–Kier alpha value is -1.75. The predicted molar refractivity (Wildman–Crippen MR) is 113 cm³/mol. The molecule has 0 saturated carbocycles. The fraction of sp³-hybridized carbons (Fsp3) is 0.455. The molecular formula is C22H32ClNO3. The first-order valence-corrected chi connectivity index (χ1v) is 9.09. The molecule has 0 spiro atoms. The van der Waals surface area contributed by atoms with Crippen molar-refractivity contribution < 1.29 is 14.6 Å². The molecule has 0 amide bonds. The second-order valence-corrected chi connectivity index (χ2v) is 7.62. The Balaban J connectivity index is 0.00000364. The van der Waals surface area contributed by atoms with Crippen LogP contribution >= 0.6 is 12.4 Å². The maximum Gasteiger partial charge on any atom is 0.123 e. The highest BCUT2D eigenvalue weighted by molar-refractivity contribution is 5.85. The summed E-state index contributed by atoms with van der Waals surface area (Å²) in [4.78, 5) is 0. The zero-order valence-electron chi connectivity index (χ0n) is 16.9. The van der Waals surface area contributed by atoms with Crippen LogP contribution in [0.25, 0.3) is 0 Å². The van der Waals surface area contributed by atoms with E-state index in [0.29, 0.717) is 6.54 Å². The van der Waals surface area contributed by atoms with Crippen LogP contribution in [-0.4, -0.2) is 31.5 Å². The minimum atomic E-state index is -0.587. The molecule has 0 fully saturated rings. The standard InChI is InChI=1S/C22H31NO3.ClH/c1-16(17-9-7-6-8-10-17)23-14-18(24)15-26-21-12-11-19(25-5)13-20(21)22(2,3)4;/h6-13,16,18,23-24H,14-15H2,1-5H3;1H. The van der Waals surface area contributed by atoms with Crippen LogP contribution in [0.3, 0.4) is 0 Å². The van der Waals surface area contributed by atoms with E-state index in [4.69, 9.17) is 9.47 Å². The molecule has 2 atom stereocenters. The van der Waals surface area contributed by atoms with Crippen molar-refractivity contribution in [2.45, 2.75) is 45.3 Å². The number of halogens is 1. The molecule has 2 unspecified atom stereocenters. The van der Waals surface area contributed by atoms with Crippen molar-refractivity contribution in [1.29, 1.82) is 0 Å². The average molecular weight is 394 g/mol. The average Bonchev–Trinajstić information content (AvgIpc) is 2.64. The van der Waals surface area contributed by atoms with Crippen LogP contribution in [0.2, 0.25) is 0 Å². The number of nitrogens with one attached hydrogen (secondary N) is 1. The second-order valence-electron chi connectivity index (χ2n) is 7.62. The minimum Gasteiger partial charge on any atom is -0.497 e. The Bertz CT molecular complexity index is 686. The summed E-state index contributed by atoms with van der Waals surface area (Å²) >= 11 is 0. The lowest BCUT2D eigenvalue weighted by molar-refractivity contribution is 0.103. The first-order valence-electron chi connectivity index (χ1n) is 9.09. The van der Waals surface area contributed by atoms with Crippen molar-refractivity contribution in [2.24, 2.45) is 0 Å². The molecule has 0 aliphatic rings. The SMILES string of the molecule is COc1ccc(OCC(O)CNC(C)c2ccccc2)c(C(C)(C)C)c1.Cl. The molecule has 2 aromatic rings. The lowest BCUT2D eigenvalue weighted by atomic mass is 9.86. The van der Waals surface area contributed by atoms with Gasteiger partial charge in [0.2, 0.25) is 0 Å².